The molecule has 1 fully saturated rings. The number of halogens is 2. The van der Waals surface area contributed by atoms with Gasteiger partial charge in [-0.15, -0.1) is 0 Å². The van der Waals surface area contributed by atoms with Crippen LogP contribution in [0.15, 0.2) is 60.7 Å². The van der Waals surface area contributed by atoms with Crippen LogP contribution in [-0.2, 0) is 6.54 Å². The third-order valence-corrected chi connectivity index (χ3v) is 7.50. The fraction of sp³-hybridized carbons (Fsp3) is 0.393. The Hall–Kier alpha value is -2.91. The lowest BCUT2D eigenvalue weighted by atomic mass is 9.98. The molecule has 1 saturated heterocycles. The Kier molecular flexibility index (Phi) is 7.03. The molecule has 2 atom stereocenters. The summed E-state index contributed by atoms with van der Waals surface area (Å²) in [4.78, 5) is 11.7. The van der Waals surface area contributed by atoms with E-state index in [2.05, 4.69) is 28.5 Å². The van der Waals surface area contributed by atoms with E-state index in [0.717, 1.165) is 54.1 Å². The third-order valence-electron chi connectivity index (χ3n) is 7.50. The van der Waals surface area contributed by atoms with E-state index in [9.17, 15) is 8.78 Å². The first-order valence-corrected chi connectivity index (χ1v) is 12.6. The lowest BCUT2D eigenvalue weighted by molar-refractivity contribution is 0.0218. The summed E-state index contributed by atoms with van der Waals surface area (Å²) < 4.78 is 27.1. The Morgan fingerprint density at radius 1 is 0.889 bits per heavy atom. The zero-order chi connectivity index (χ0) is 25.4. The minimum absolute atomic E-state index is 0.213. The van der Waals surface area contributed by atoms with Gasteiger partial charge >= 0.3 is 0 Å². The summed E-state index contributed by atoms with van der Waals surface area (Å²) in [5.41, 5.74) is 17.9. The minimum Gasteiger partial charge on any atom is -0.337 e. The fourth-order valence-corrected chi connectivity index (χ4v) is 5.43. The summed E-state index contributed by atoms with van der Waals surface area (Å²) in [5, 5.41) is 0. The van der Waals surface area contributed by atoms with E-state index in [1.165, 1.54) is 24.3 Å². The van der Waals surface area contributed by atoms with Crippen LogP contribution in [0.3, 0.4) is 0 Å². The zero-order valence-electron chi connectivity index (χ0n) is 20.8. The number of nitrogens with zero attached hydrogens (tertiary/aromatic N) is 4. The van der Waals surface area contributed by atoms with E-state index in [-0.39, 0.29) is 17.7 Å². The monoisotopic (exact) mass is 492 g/mol. The van der Waals surface area contributed by atoms with Crippen LogP contribution in [0.4, 0.5) is 14.5 Å². The van der Waals surface area contributed by atoms with Crippen LogP contribution < -0.4 is 16.4 Å². The van der Waals surface area contributed by atoms with Crippen molar-refractivity contribution in [1.82, 2.24) is 14.8 Å². The predicted octanol–water partition coefficient (Wildman–Crippen LogP) is 4.42. The van der Waals surface area contributed by atoms with Crippen molar-refractivity contribution in [3.05, 3.63) is 83.6 Å². The normalized spacial score (nSPS) is 21.7. The van der Waals surface area contributed by atoms with E-state index in [1.54, 1.807) is 24.3 Å². The van der Waals surface area contributed by atoms with Gasteiger partial charge in [-0.1, -0.05) is 12.1 Å². The quantitative estimate of drug-likeness (QED) is 0.549. The summed E-state index contributed by atoms with van der Waals surface area (Å²) in [7, 11) is 0. The molecule has 0 bridgehead atoms. The number of pyridine rings is 1. The van der Waals surface area contributed by atoms with Crippen molar-refractivity contribution >= 4 is 5.69 Å². The van der Waals surface area contributed by atoms with Gasteiger partial charge in [0, 0.05) is 24.2 Å². The molecule has 3 heterocycles. The van der Waals surface area contributed by atoms with Gasteiger partial charge in [-0.25, -0.2) is 18.7 Å². The van der Waals surface area contributed by atoms with Gasteiger partial charge in [0.05, 0.1) is 17.1 Å². The average Bonchev–Trinajstić information content (AvgIpc) is 2.88. The topological polar surface area (TPSA) is 74.7 Å². The molecule has 4 N–H and O–H groups in total. The molecule has 0 radical (unpaired) electrons. The molecule has 1 aromatic heterocycles. The van der Waals surface area contributed by atoms with Gasteiger partial charge in [0.15, 0.2) is 0 Å². The van der Waals surface area contributed by atoms with E-state index >= 15 is 0 Å². The van der Waals surface area contributed by atoms with Gasteiger partial charge in [-0.3, -0.25) is 5.73 Å². The van der Waals surface area contributed by atoms with Crippen LogP contribution in [0, 0.1) is 11.6 Å². The molecule has 0 spiro atoms. The number of fused-ring (bicyclic) bond motifs is 1. The molecular formula is C28H34F2N6. The Bertz CT molecular complexity index is 1180. The highest BCUT2D eigenvalue weighted by Crippen LogP contribution is 2.39. The molecule has 36 heavy (non-hydrogen) atoms. The van der Waals surface area contributed by atoms with E-state index in [0.29, 0.717) is 12.6 Å². The van der Waals surface area contributed by atoms with Crippen molar-refractivity contribution in [3.63, 3.8) is 0 Å². The van der Waals surface area contributed by atoms with E-state index in [4.69, 9.17) is 16.5 Å². The van der Waals surface area contributed by atoms with Gasteiger partial charge in [0.25, 0.3) is 0 Å². The molecule has 2 aliphatic rings. The smallest absolute Gasteiger partial charge is 0.137 e. The number of hydrogen-bond acceptors (Lipinski definition) is 6. The van der Waals surface area contributed by atoms with Crippen molar-refractivity contribution in [2.75, 3.05) is 18.0 Å². The summed E-state index contributed by atoms with van der Waals surface area (Å²) in [6, 6.07) is 17.4. The molecule has 0 aliphatic carbocycles. The molecule has 190 valence electrons. The molecule has 3 aromatic rings. The first-order valence-electron chi connectivity index (χ1n) is 12.6. The average molecular weight is 493 g/mol. The number of hydrogen-bond donors (Lipinski definition) is 2. The van der Waals surface area contributed by atoms with Gasteiger partial charge in [0.2, 0.25) is 0 Å². The summed E-state index contributed by atoms with van der Waals surface area (Å²) >= 11 is 0. The van der Waals surface area contributed by atoms with Crippen LogP contribution in [0.1, 0.15) is 44.1 Å². The van der Waals surface area contributed by atoms with Gasteiger partial charge in [0.1, 0.15) is 24.1 Å². The van der Waals surface area contributed by atoms with Crippen LogP contribution in [0.5, 0.6) is 0 Å². The second-order valence-corrected chi connectivity index (χ2v) is 10.0. The number of likely N-dealkylation sites (tertiary alicyclic amines) is 1. The fourth-order valence-electron chi connectivity index (χ4n) is 5.43. The number of rotatable bonds is 5. The highest BCUT2D eigenvalue weighted by Gasteiger charge is 2.41. The first-order chi connectivity index (χ1) is 17.3. The van der Waals surface area contributed by atoms with Crippen molar-refractivity contribution < 1.29 is 8.78 Å². The summed E-state index contributed by atoms with van der Waals surface area (Å²) in [6.07, 6.45) is 1.01. The predicted molar refractivity (Wildman–Crippen MR) is 139 cm³/mol. The van der Waals surface area contributed by atoms with Crippen LogP contribution in [0.25, 0.3) is 11.3 Å². The van der Waals surface area contributed by atoms with Gasteiger partial charge < -0.3 is 15.5 Å². The maximum absolute atomic E-state index is 13.6. The maximum atomic E-state index is 13.6. The van der Waals surface area contributed by atoms with Crippen molar-refractivity contribution in [2.45, 2.75) is 57.8 Å². The van der Waals surface area contributed by atoms with Crippen molar-refractivity contribution in [1.29, 1.82) is 0 Å². The maximum Gasteiger partial charge on any atom is 0.137 e. The molecule has 8 heteroatoms. The second-order valence-electron chi connectivity index (χ2n) is 10.0. The number of anilines is 1. The molecule has 0 amide bonds. The Morgan fingerprint density at radius 2 is 1.50 bits per heavy atom. The molecule has 2 aromatic carbocycles. The Balaban J connectivity index is 1.51. The van der Waals surface area contributed by atoms with Crippen LogP contribution >= 0.6 is 0 Å². The summed E-state index contributed by atoms with van der Waals surface area (Å²) in [5.74, 6) is -0.558. The van der Waals surface area contributed by atoms with Crippen LogP contribution in [0.2, 0.25) is 0 Å². The zero-order valence-corrected chi connectivity index (χ0v) is 20.8. The molecule has 6 nitrogen and oxygen atoms in total. The number of nitrogens with two attached hydrogens (primary N) is 2. The lowest BCUT2D eigenvalue weighted by Crippen LogP contribution is -2.64. The second kappa shape index (κ2) is 10.2. The molecule has 0 saturated carbocycles. The third kappa shape index (κ3) is 4.86. The standard InChI is InChI=1S/C28H34F2N6/c1-18(2)34-15-13-23(14-16-34)36-27(31)26-25(12-11-24(33-26)20-5-9-22(30)10-6-20)35(28(36)32)17-19-3-7-21(29)8-4-19/h3-12,18,23,27-28H,13-17,31-32H2,1-2H3. The molecule has 2 unspecified atom stereocenters. The van der Waals surface area contributed by atoms with E-state index < -0.39 is 12.5 Å². The largest absolute Gasteiger partial charge is 0.337 e. The van der Waals surface area contributed by atoms with Crippen molar-refractivity contribution in [3.8, 4) is 11.3 Å². The SMILES string of the molecule is CC(C)N1CCC(N2C(N)c3nc(-c4ccc(F)cc4)ccc3N(Cc3ccc(F)cc3)C2N)CC1. The van der Waals surface area contributed by atoms with Crippen molar-refractivity contribution in [2.24, 2.45) is 11.5 Å². The first kappa shape index (κ1) is 24.8. The lowest BCUT2D eigenvalue weighted by Gasteiger charge is -2.51. The Labute approximate surface area is 211 Å². The number of piperidine rings is 1. The number of aromatic nitrogens is 1. The summed E-state index contributed by atoms with van der Waals surface area (Å²) in [6.45, 7) is 6.93. The molecule has 2 aliphatic heterocycles. The van der Waals surface area contributed by atoms with Gasteiger partial charge in [-0.2, -0.15) is 0 Å². The highest BCUT2D eigenvalue weighted by molar-refractivity contribution is 5.65. The highest BCUT2D eigenvalue weighted by atomic mass is 19.1. The number of benzene rings is 2. The van der Waals surface area contributed by atoms with Gasteiger partial charge in [-0.05, 0) is 93.9 Å². The molecule has 5 rings (SSSR count). The van der Waals surface area contributed by atoms with Crippen LogP contribution in [-0.4, -0.2) is 46.2 Å². The minimum atomic E-state index is -0.476. The van der Waals surface area contributed by atoms with E-state index in [1.807, 2.05) is 12.1 Å². The molecular weight excluding hydrogens is 458 g/mol. The Morgan fingerprint density at radius 3 is 2.11 bits per heavy atom.